The van der Waals surface area contributed by atoms with Gasteiger partial charge in [-0.2, -0.15) is 0 Å². The highest BCUT2D eigenvalue weighted by atomic mass is 16.3. The number of benzene rings is 1. The smallest absolute Gasteiger partial charge is 0.115 e. The minimum Gasteiger partial charge on any atom is -0.508 e. The molecule has 0 aliphatic heterocycles. The van der Waals surface area contributed by atoms with Gasteiger partial charge >= 0.3 is 0 Å². The minimum atomic E-state index is 0.330. The van der Waals surface area contributed by atoms with Crippen molar-refractivity contribution in [3.63, 3.8) is 0 Å². The molecule has 1 aromatic carbocycles. The summed E-state index contributed by atoms with van der Waals surface area (Å²) in [5.74, 6) is 1.08. The highest BCUT2D eigenvalue weighted by Crippen LogP contribution is 2.09. The van der Waals surface area contributed by atoms with E-state index >= 15 is 0 Å². The number of phenols is 1. The first-order chi connectivity index (χ1) is 6.68. The molecule has 0 bridgehead atoms. The third kappa shape index (κ3) is 4.28. The van der Waals surface area contributed by atoms with Crippen LogP contribution in [0.15, 0.2) is 24.3 Å². The quantitative estimate of drug-likeness (QED) is 0.704. The Morgan fingerprint density at radius 2 is 1.86 bits per heavy atom. The number of hydrogen-bond acceptors (Lipinski definition) is 2. The molecule has 1 rings (SSSR count). The molecule has 0 aliphatic rings. The van der Waals surface area contributed by atoms with Crippen LogP contribution < -0.4 is 5.32 Å². The molecule has 0 aliphatic carbocycles. The topological polar surface area (TPSA) is 32.3 Å². The van der Waals surface area contributed by atoms with Crippen LogP contribution in [-0.2, 0) is 6.54 Å². The SMILES string of the molecule is CC(C)CCNCc1ccc(O)cc1. The van der Waals surface area contributed by atoms with Gasteiger partial charge in [0.05, 0.1) is 0 Å². The lowest BCUT2D eigenvalue weighted by atomic mass is 10.1. The predicted octanol–water partition coefficient (Wildman–Crippen LogP) is 2.53. The average Bonchev–Trinajstić information content (AvgIpc) is 2.15. The van der Waals surface area contributed by atoms with E-state index < -0.39 is 0 Å². The number of rotatable bonds is 5. The van der Waals surface area contributed by atoms with Crippen LogP contribution in [0.4, 0.5) is 0 Å². The Morgan fingerprint density at radius 3 is 2.43 bits per heavy atom. The Balaban J connectivity index is 2.21. The maximum Gasteiger partial charge on any atom is 0.115 e. The first kappa shape index (κ1) is 11.1. The number of nitrogens with one attached hydrogen (secondary N) is 1. The van der Waals surface area contributed by atoms with Crippen LogP contribution in [0.1, 0.15) is 25.8 Å². The second-order valence-electron chi connectivity index (χ2n) is 4.03. The van der Waals surface area contributed by atoms with Gasteiger partial charge in [-0.15, -0.1) is 0 Å². The van der Waals surface area contributed by atoms with Crippen LogP contribution in [0, 0.1) is 5.92 Å². The van der Waals surface area contributed by atoms with E-state index in [1.165, 1.54) is 12.0 Å². The van der Waals surface area contributed by atoms with Gasteiger partial charge in [-0.1, -0.05) is 26.0 Å². The van der Waals surface area contributed by atoms with Gasteiger partial charge in [0.25, 0.3) is 0 Å². The number of phenolic OH excluding ortho intramolecular Hbond substituents is 1. The van der Waals surface area contributed by atoms with Crippen molar-refractivity contribution >= 4 is 0 Å². The molecule has 0 saturated carbocycles. The summed E-state index contributed by atoms with van der Waals surface area (Å²) >= 11 is 0. The number of aromatic hydroxyl groups is 1. The van der Waals surface area contributed by atoms with Gasteiger partial charge in [0.1, 0.15) is 5.75 Å². The van der Waals surface area contributed by atoms with Crippen molar-refractivity contribution in [3.8, 4) is 5.75 Å². The van der Waals surface area contributed by atoms with Crippen molar-refractivity contribution in [1.82, 2.24) is 5.32 Å². The molecule has 2 N–H and O–H groups in total. The third-order valence-corrected chi connectivity index (χ3v) is 2.16. The Morgan fingerprint density at radius 1 is 1.21 bits per heavy atom. The second-order valence-corrected chi connectivity index (χ2v) is 4.03. The van der Waals surface area contributed by atoms with Crippen molar-refractivity contribution in [2.24, 2.45) is 5.92 Å². The van der Waals surface area contributed by atoms with Crippen LogP contribution in [0.2, 0.25) is 0 Å². The van der Waals surface area contributed by atoms with Gasteiger partial charge < -0.3 is 10.4 Å². The first-order valence-corrected chi connectivity index (χ1v) is 5.17. The van der Waals surface area contributed by atoms with Crippen molar-refractivity contribution in [2.45, 2.75) is 26.8 Å². The molecule has 1 aromatic rings. The highest BCUT2D eigenvalue weighted by Gasteiger charge is 1.95. The molecule has 2 heteroatoms. The molecule has 0 aromatic heterocycles. The predicted molar refractivity (Wildman–Crippen MR) is 59.3 cm³/mol. The normalized spacial score (nSPS) is 10.8. The average molecular weight is 193 g/mol. The van der Waals surface area contributed by atoms with Crippen molar-refractivity contribution < 1.29 is 5.11 Å². The molecular weight excluding hydrogens is 174 g/mol. The molecule has 0 spiro atoms. The van der Waals surface area contributed by atoms with E-state index in [-0.39, 0.29) is 0 Å². The maximum absolute atomic E-state index is 9.08. The fourth-order valence-electron chi connectivity index (χ4n) is 1.24. The largest absolute Gasteiger partial charge is 0.508 e. The van der Waals surface area contributed by atoms with Crippen LogP contribution >= 0.6 is 0 Å². The van der Waals surface area contributed by atoms with E-state index in [2.05, 4.69) is 19.2 Å². The van der Waals surface area contributed by atoms with Crippen LogP contribution in [0.25, 0.3) is 0 Å². The molecular formula is C12H19NO. The zero-order valence-corrected chi connectivity index (χ0v) is 8.96. The summed E-state index contributed by atoms with van der Waals surface area (Å²) in [7, 11) is 0. The maximum atomic E-state index is 9.08. The molecule has 0 radical (unpaired) electrons. The lowest BCUT2D eigenvalue weighted by Crippen LogP contribution is -2.16. The lowest BCUT2D eigenvalue weighted by molar-refractivity contribution is 0.475. The zero-order chi connectivity index (χ0) is 10.4. The standard InChI is InChI=1S/C12H19NO/c1-10(2)7-8-13-9-11-3-5-12(14)6-4-11/h3-6,10,13-14H,7-9H2,1-2H3. The summed E-state index contributed by atoms with van der Waals surface area (Å²) in [6, 6.07) is 7.33. The molecule has 2 nitrogen and oxygen atoms in total. The Hall–Kier alpha value is -1.02. The van der Waals surface area contributed by atoms with E-state index in [4.69, 9.17) is 5.11 Å². The Labute approximate surface area is 86.0 Å². The van der Waals surface area contributed by atoms with Gasteiger partial charge in [0.2, 0.25) is 0 Å². The van der Waals surface area contributed by atoms with E-state index in [0.29, 0.717) is 5.75 Å². The summed E-state index contributed by atoms with van der Waals surface area (Å²) in [5, 5.41) is 12.5. The summed E-state index contributed by atoms with van der Waals surface area (Å²) in [4.78, 5) is 0. The van der Waals surface area contributed by atoms with Gasteiger partial charge in [-0.05, 0) is 36.6 Å². The third-order valence-electron chi connectivity index (χ3n) is 2.16. The van der Waals surface area contributed by atoms with Gasteiger partial charge in [0, 0.05) is 6.54 Å². The fraction of sp³-hybridized carbons (Fsp3) is 0.500. The lowest BCUT2D eigenvalue weighted by Gasteiger charge is -2.06. The summed E-state index contributed by atoms with van der Waals surface area (Å²) in [5.41, 5.74) is 1.21. The Kier molecular flexibility index (Phi) is 4.47. The zero-order valence-electron chi connectivity index (χ0n) is 8.96. The second kappa shape index (κ2) is 5.66. The first-order valence-electron chi connectivity index (χ1n) is 5.17. The van der Waals surface area contributed by atoms with Gasteiger partial charge in [-0.25, -0.2) is 0 Å². The van der Waals surface area contributed by atoms with Gasteiger partial charge in [0.15, 0.2) is 0 Å². The van der Waals surface area contributed by atoms with Crippen molar-refractivity contribution in [3.05, 3.63) is 29.8 Å². The van der Waals surface area contributed by atoms with E-state index in [1.54, 1.807) is 12.1 Å². The van der Waals surface area contributed by atoms with Crippen molar-refractivity contribution in [2.75, 3.05) is 6.54 Å². The molecule has 0 fully saturated rings. The molecule has 0 atom stereocenters. The molecule has 0 unspecified atom stereocenters. The molecule has 0 heterocycles. The summed E-state index contributed by atoms with van der Waals surface area (Å²) < 4.78 is 0. The summed E-state index contributed by atoms with van der Waals surface area (Å²) in [6.45, 7) is 6.38. The van der Waals surface area contributed by atoms with E-state index in [1.807, 2.05) is 12.1 Å². The molecule has 0 saturated heterocycles. The fourth-order valence-corrected chi connectivity index (χ4v) is 1.24. The van der Waals surface area contributed by atoms with E-state index in [9.17, 15) is 0 Å². The Bertz CT molecular complexity index is 254. The minimum absolute atomic E-state index is 0.330. The van der Waals surface area contributed by atoms with Crippen LogP contribution in [0.3, 0.4) is 0 Å². The molecule has 0 amide bonds. The van der Waals surface area contributed by atoms with Crippen molar-refractivity contribution in [1.29, 1.82) is 0 Å². The van der Waals surface area contributed by atoms with Gasteiger partial charge in [-0.3, -0.25) is 0 Å². The summed E-state index contributed by atoms with van der Waals surface area (Å²) in [6.07, 6.45) is 1.21. The van der Waals surface area contributed by atoms with Crippen LogP contribution in [0.5, 0.6) is 5.75 Å². The molecule has 14 heavy (non-hydrogen) atoms. The number of hydrogen-bond donors (Lipinski definition) is 2. The van der Waals surface area contributed by atoms with E-state index in [0.717, 1.165) is 19.0 Å². The highest BCUT2D eigenvalue weighted by molar-refractivity contribution is 5.25. The van der Waals surface area contributed by atoms with Crippen LogP contribution in [-0.4, -0.2) is 11.7 Å². The molecule has 78 valence electrons. The monoisotopic (exact) mass is 193 g/mol.